The van der Waals surface area contributed by atoms with Crippen LogP contribution in [0.3, 0.4) is 0 Å². The molecule has 0 spiro atoms. The van der Waals surface area contributed by atoms with Crippen LogP contribution in [-0.4, -0.2) is 23.0 Å². The van der Waals surface area contributed by atoms with E-state index in [2.05, 4.69) is 10.3 Å². The molecule has 2 aromatic carbocycles. The Hall–Kier alpha value is -3.54. The number of nitrogen functional groups attached to an aromatic ring is 1. The van der Waals surface area contributed by atoms with E-state index in [0.717, 1.165) is 28.0 Å². The molecule has 0 aliphatic carbocycles. The molecule has 0 radical (unpaired) electrons. The number of amides is 2. The van der Waals surface area contributed by atoms with Crippen LogP contribution in [0.2, 0.25) is 0 Å². The lowest BCUT2D eigenvalue weighted by Gasteiger charge is -2.18. The lowest BCUT2D eigenvalue weighted by Crippen LogP contribution is -2.30. The third-order valence-corrected chi connectivity index (χ3v) is 4.73. The molecular formula is C21H20N4O2. The number of methoxy groups -OCH3 is 1. The first kappa shape index (κ1) is 16.9. The van der Waals surface area contributed by atoms with Gasteiger partial charge in [-0.3, -0.25) is 4.98 Å². The van der Waals surface area contributed by atoms with Crippen molar-refractivity contribution in [3.63, 3.8) is 0 Å². The molecule has 6 heteroatoms. The number of rotatable bonds is 3. The maximum absolute atomic E-state index is 12.7. The predicted octanol–water partition coefficient (Wildman–Crippen LogP) is 3.89. The number of anilines is 2. The van der Waals surface area contributed by atoms with Gasteiger partial charge in [0.05, 0.1) is 18.5 Å². The van der Waals surface area contributed by atoms with E-state index in [9.17, 15) is 4.79 Å². The molecule has 1 aromatic heterocycles. The van der Waals surface area contributed by atoms with Gasteiger partial charge in [-0.2, -0.15) is 0 Å². The Kier molecular flexibility index (Phi) is 4.38. The number of pyridine rings is 1. The van der Waals surface area contributed by atoms with Crippen LogP contribution in [0, 0.1) is 0 Å². The number of aromatic nitrogens is 1. The molecule has 3 N–H and O–H groups in total. The number of carbonyl (C=O) groups excluding carboxylic acids is 1. The standard InChI is InChI=1S/C21H20N4O2/c1-27-18-5-2-14(3-6-18)15-4-7-19(22)20(10-15)24-21(26)25-12-16-8-9-23-11-17(16)13-25/h2-11H,12-13,22H2,1H3,(H,24,26). The largest absolute Gasteiger partial charge is 0.497 e. The van der Waals surface area contributed by atoms with Crippen molar-refractivity contribution >= 4 is 17.4 Å². The molecule has 6 nitrogen and oxygen atoms in total. The number of hydrogen-bond donors (Lipinski definition) is 2. The monoisotopic (exact) mass is 360 g/mol. The van der Waals surface area contributed by atoms with Gasteiger partial charge >= 0.3 is 6.03 Å². The average molecular weight is 360 g/mol. The Labute approximate surface area is 157 Å². The van der Waals surface area contributed by atoms with Crippen molar-refractivity contribution in [1.82, 2.24) is 9.88 Å². The average Bonchev–Trinajstić information content (AvgIpc) is 3.14. The number of urea groups is 1. The summed E-state index contributed by atoms with van der Waals surface area (Å²) in [5.74, 6) is 0.797. The second-order valence-corrected chi connectivity index (χ2v) is 6.46. The quantitative estimate of drug-likeness (QED) is 0.695. The number of benzene rings is 2. The van der Waals surface area contributed by atoms with E-state index in [-0.39, 0.29) is 6.03 Å². The van der Waals surface area contributed by atoms with Crippen molar-refractivity contribution in [2.45, 2.75) is 13.1 Å². The molecule has 2 amide bonds. The summed E-state index contributed by atoms with van der Waals surface area (Å²) in [4.78, 5) is 18.5. The van der Waals surface area contributed by atoms with E-state index in [1.807, 2.05) is 42.5 Å². The van der Waals surface area contributed by atoms with Crippen LogP contribution in [-0.2, 0) is 13.1 Å². The summed E-state index contributed by atoms with van der Waals surface area (Å²) in [7, 11) is 1.64. The Morgan fingerprint density at radius 2 is 1.81 bits per heavy atom. The molecule has 0 atom stereocenters. The molecule has 1 aliphatic heterocycles. The van der Waals surface area contributed by atoms with E-state index >= 15 is 0 Å². The number of nitrogens with one attached hydrogen (secondary N) is 1. The summed E-state index contributed by atoms with van der Waals surface area (Å²) in [6, 6.07) is 15.1. The molecule has 1 aliphatic rings. The molecule has 0 fully saturated rings. The van der Waals surface area contributed by atoms with Gasteiger partial charge in [0.2, 0.25) is 0 Å². The van der Waals surface area contributed by atoms with Gasteiger partial charge in [-0.15, -0.1) is 0 Å². The van der Waals surface area contributed by atoms with Gasteiger partial charge in [0.15, 0.2) is 0 Å². The minimum absolute atomic E-state index is 0.176. The van der Waals surface area contributed by atoms with Crippen LogP contribution in [0.25, 0.3) is 11.1 Å². The minimum Gasteiger partial charge on any atom is -0.497 e. The van der Waals surface area contributed by atoms with E-state index in [1.54, 1.807) is 30.5 Å². The van der Waals surface area contributed by atoms with Crippen LogP contribution in [0.15, 0.2) is 60.9 Å². The zero-order chi connectivity index (χ0) is 18.8. The zero-order valence-corrected chi connectivity index (χ0v) is 15.0. The number of carbonyl (C=O) groups is 1. The lowest BCUT2D eigenvalue weighted by molar-refractivity contribution is 0.212. The highest BCUT2D eigenvalue weighted by Crippen LogP contribution is 2.29. The predicted molar refractivity (Wildman–Crippen MR) is 105 cm³/mol. The van der Waals surface area contributed by atoms with Crippen LogP contribution in [0.1, 0.15) is 11.1 Å². The van der Waals surface area contributed by atoms with Crippen molar-refractivity contribution in [2.75, 3.05) is 18.2 Å². The minimum atomic E-state index is -0.176. The summed E-state index contributed by atoms with van der Waals surface area (Å²) in [5, 5.41) is 2.94. The van der Waals surface area contributed by atoms with Crippen LogP contribution < -0.4 is 15.8 Å². The zero-order valence-electron chi connectivity index (χ0n) is 15.0. The van der Waals surface area contributed by atoms with E-state index in [0.29, 0.717) is 24.5 Å². The third-order valence-electron chi connectivity index (χ3n) is 4.73. The first-order valence-electron chi connectivity index (χ1n) is 8.65. The maximum atomic E-state index is 12.7. The van der Waals surface area contributed by atoms with E-state index in [4.69, 9.17) is 10.5 Å². The topological polar surface area (TPSA) is 80.5 Å². The maximum Gasteiger partial charge on any atom is 0.322 e. The Morgan fingerprint density at radius 1 is 1.07 bits per heavy atom. The number of nitrogens with two attached hydrogens (primary N) is 1. The fraction of sp³-hybridized carbons (Fsp3) is 0.143. The summed E-state index contributed by atoms with van der Waals surface area (Å²) >= 11 is 0. The molecule has 0 bridgehead atoms. The highest BCUT2D eigenvalue weighted by Gasteiger charge is 2.23. The smallest absolute Gasteiger partial charge is 0.322 e. The summed E-state index contributed by atoms with van der Waals surface area (Å²) in [5.41, 5.74) is 11.4. The van der Waals surface area contributed by atoms with Crippen molar-refractivity contribution in [3.05, 3.63) is 72.1 Å². The second-order valence-electron chi connectivity index (χ2n) is 6.46. The van der Waals surface area contributed by atoms with Gasteiger partial charge < -0.3 is 20.7 Å². The van der Waals surface area contributed by atoms with Gasteiger partial charge in [-0.25, -0.2) is 4.79 Å². The number of fused-ring (bicyclic) bond motifs is 1. The fourth-order valence-corrected chi connectivity index (χ4v) is 3.19. The molecular weight excluding hydrogens is 340 g/mol. The summed E-state index contributed by atoms with van der Waals surface area (Å²) in [6.45, 7) is 1.12. The highest BCUT2D eigenvalue weighted by atomic mass is 16.5. The molecule has 2 heterocycles. The first-order valence-corrected chi connectivity index (χ1v) is 8.65. The van der Waals surface area contributed by atoms with Gasteiger partial charge in [0.1, 0.15) is 5.75 Å². The van der Waals surface area contributed by atoms with Crippen molar-refractivity contribution in [1.29, 1.82) is 0 Å². The molecule has 4 rings (SSSR count). The SMILES string of the molecule is COc1ccc(-c2ccc(N)c(NC(=O)N3Cc4ccncc4C3)c2)cc1. The Morgan fingerprint density at radius 3 is 2.56 bits per heavy atom. The molecule has 0 unspecified atom stereocenters. The van der Waals surface area contributed by atoms with Gasteiger partial charge in [0.25, 0.3) is 0 Å². The van der Waals surface area contributed by atoms with Crippen LogP contribution in [0.4, 0.5) is 16.2 Å². The third kappa shape index (κ3) is 3.42. The summed E-state index contributed by atoms with van der Waals surface area (Å²) in [6.07, 6.45) is 3.55. The molecule has 136 valence electrons. The van der Waals surface area contributed by atoms with Crippen molar-refractivity contribution < 1.29 is 9.53 Å². The van der Waals surface area contributed by atoms with Crippen molar-refractivity contribution in [3.8, 4) is 16.9 Å². The van der Waals surface area contributed by atoms with Crippen LogP contribution >= 0.6 is 0 Å². The molecule has 0 saturated carbocycles. The second kappa shape index (κ2) is 6.99. The van der Waals surface area contributed by atoms with E-state index in [1.165, 1.54) is 0 Å². The van der Waals surface area contributed by atoms with Crippen molar-refractivity contribution in [2.24, 2.45) is 0 Å². The number of hydrogen-bond acceptors (Lipinski definition) is 4. The van der Waals surface area contributed by atoms with Crippen LogP contribution in [0.5, 0.6) is 5.75 Å². The van der Waals surface area contributed by atoms with Gasteiger partial charge in [-0.1, -0.05) is 18.2 Å². The Balaban J connectivity index is 1.52. The lowest BCUT2D eigenvalue weighted by atomic mass is 10.0. The molecule has 0 saturated heterocycles. The molecule has 27 heavy (non-hydrogen) atoms. The Bertz CT molecular complexity index is 961. The highest BCUT2D eigenvalue weighted by molar-refractivity contribution is 5.94. The molecule has 3 aromatic rings. The number of nitrogens with zero attached hydrogens (tertiary/aromatic N) is 2. The van der Waals surface area contributed by atoms with Gasteiger partial charge in [-0.05, 0) is 52.6 Å². The summed E-state index contributed by atoms with van der Waals surface area (Å²) < 4.78 is 5.20. The van der Waals surface area contributed by atoms with Gasteiger partial charge in [0, 0.05) is 25.5 Å². The van der Waals surface area contributed by atoms with E-state index < -0.39 is 0 Å². The normalized spacial score (nSPS) is 12.6. The first-order chi connectivity index (χ1) is 13.1. The number of ether oxygens (including phenoxy) is 1. The fourth-order valence-electron chi connectivity index (χ4n) is 3.19.